The summed E-state index contributed by atoms with van der Waals surface area (Å²) in [6.45, 7) is 0. The zero-order chi connectivity index (χ0) is 9.38. The van der Waals surface area contributed by atoms with Crippen LogP contribution in [0.2, 0.25) is 0 Å². The Morgan fingerprint density at radius 2 is 2.21 bits per heavy atom. The van der Waals surface area contributed by atoms with Crippen molar-refractivity contribution in [3.63, 3.8) is 0 Å². The van der Waals surface area contributed by atoms with Crippen LogP contribution in [0.25, 0.3) is 21.5 Å². The topological polar surface area (TPSA) is 28.7 Å². The lowest BCUT2D eigenvalue weighted by Crippen LogP contribution is -1.72. The minimum atomic E-state index is 0.955. The van der Waals surface area contributed by atoms with Gasteiger partial charge in [-0.25, -0.2) is 4.98 Å². The highest BCUT2D eigenvalue weighted by atomic mass is 32.1. The van der Waals surface area contributed by atoms with Gasteiger partial charge in [-0.1, -0.05) is 6.07 Å². The predicted octanol–water partition coefficient (Wildman–Crippen LogP) is 3.29. The van der Waals surface area contributed by atoms with Crippen LogP contribution in [0.1, 0.15) is 0 Å². The molecule has 0 radical (unpaired) electrons. The second kappa shape index (κ2) is 2.96. The maximum absolute atomic E-state index is 4.26. The summed E-state index contributed by atoms with van der Waals surface area (Å²) in [5.41, 5.74) is 2.19. The van der Waals surface area contributed by atoms with Crippen LogP contribution in [0.4, 0.5) is 0 Å². The van der Waals surface area contributed by atoms with Crippen LogP contribution in [-0.4, -0.2) is 9.97 Å². The molecule has 0 saturated carbocycles. The number of hydrogen-bond donors (Lipinski definition) is 1. The van der Waals surface area contributed by atoms with Crippen molar-refractivity contribution in [3.8, 4) is 10.4 Å². The third kappa shape index (κ3) is 1.06. The van der Waals surface area contributed by atoms with Crippen LogP contribution in [0.5, 0.6) is 0 Å². The molecule has 0 bridgehead atoms. The van der Waals surface area contributed by atoms with Gasteiger partial charge in [0.2, 0.25) is 0 Å². The maximum atomic E-state index is 4.26. The molecule has 3 heteroatoms. The Balaban J connectivity index is 2.33. The number of nitrogens with zero attached hydrogens (tertiary/aromatic N) is 1. The normalized spacial score (nSPS) is 10.9. The summed E-state index contributed by atoms with van der Waals surface area (Å²) in [7, 11) is 0. The van der Waals surface area contributed by atoms with Gasteiger partial charge in [-0.2, -0.15) is 0 Å². The van der Waals surface area contributed by atoms with E-state index in [1.807, 2.05) is 12.3 Å². The summed E-state index contributed by atoms with van der Waals surface area (Å²) < 4.78 is 0. The molecule has 68 valence electrons. The monoisotopic (exact) mass is 200 g/mol. The van der Waals surface area contributed by atoms with Gasteiger partial charge in [-0.15, -0.1) is 11.3 Å². The van der Waals surface area contributed by atoms with E-state index < -0.39 is 0 Å². The van der Waals surface area contributed by atoms with Crippen molar-refractivity contribution in [1.82, 2.24) is 9.97 Å². The van der Waals surface area contributed by atoms with Gasteiger partial charge in [-0.3, -0.25) is 0 Å². The molecule has 0 saturated heterocycles. The Kier molecular flexibility index (Phi) is 1.64. The number of nitrogens with one attached hydrogen (secondary N) is 1. The Morgan fingerprint density at radius 1 is 1.21 bits per heavy atom. The largest absolute Gasteiger partial charge is 0.345 e. The van der Waals surface area contributed by atoms with Gasteiger partial charge in [0.25, 0.3) is 0 Å². The lowest BCUT2D eigenvalue weighted by molar-refractivity contribution is 1.33. The van der Waals surface area contributed by atoms with Crippen molar-refractivity contribution in [2.24, 2.45) is 0 Å². The summed E-state index contributed by atoms with van der Waals surface area (Å²) in [4.78, 5) is 8.71. The SMILES string of the molecule is c1csc(-c2c[nH]c3ncccc23)c1. The standard InChI is InChI=1S/C11H8N2S/c1-3-8-9(10-4-2-6-14-10)7-13-11(8)12-5-1/h1-7H,(H,12,13). The first-order valence-corrected chi connectivity index (χ1v) is 5.29. The lowest BCUT2D eigenvalue weighted by atomic mass is 10.2. The molecule has 3 rings (SSSR count). The van der Waals surface area contributed by atoms with Gasteiger partial charge in [0, 0.05) is 28.2 Å². The van der Waals surface area contributed by atoms with Gasteiger partial charge in [0.15, 0.2) is 0 Å². The number of hydrogen-bond acceptors (Lipinski definition) is 2. The zero-order valence-corrected chi connectivity index (χ0v) is 8.21. The fourth-order valence-electron chi connectivity index (χ4n) is 1.59. The van der Waals surface area contributed by atoms with Crippen LogP contribution in [0, 0.1) is 0 Å². The van der Waals surface area contributed by atoms with Crippen molar-refractivity contribution >= 4 is 22.4 Å². The van der Waals surface area contributed by atoms with Crippen LogP contribution in [-0.2, 0) is 0 Å². The average molecular weight is 200 g/mol. The second-order valence-electron chi connectivity index (χ2n) is 3.08. The fourth-order valence-corrected chi connectivity index (χ4v) is 2.35. The molecular weight excluding hydrogens is 192 g/mol. The number of fused-ring (bicyclic) bond motifs is 1. The minimum absolute atomic E-state index is 0.955. The number of H-pyrrole nitrogens is 1. The van der Waals surface area contributed by atoms with E-state index in [0.717, 1.165) is 5.65 Å². The molecule has 0 fully saturated rings. The van der Waals surface area contributed by atoms with E-state index in [-0.39, 0.29) is 0 Å². The minimum Gasteiger partial charge on any atom is -0.345 e. The molecule has 3 aromatic rings. The van der Waals surface area contributed by atoms with E-state index in [9.17, 15) is 0 Å². The number of pyridine rings is 1. The quantitative estimate of drug-likeness (QED) is 0.641. The first-order valence-electron chi connectivity index (χ1n) is 4.41. The molecule has 0 aromatic carbocycles. The summed E-state index contributed by atoms with van der Waals surface area (Å²) >= 11 is 1.75. The molecule has 0 spiro atoms. The van der Waals surface area contributed by atoms with Gasteiger partial charge in [-0.05, 0) is 23.6 Å². The Morgan fingerprint density at radius 3 is 3.07 bits per heavy atom. The number of rotatable bonds is 1. The van der Waals surface area contributed by atoms with Crippen LogP contribution < -0.4 is 0 Å². The first-order chi connectivity index (χ1) is 6.95. The van der Waals surface area contributed by atoms with Crippen molar-refractivity contribution in [3.05, 3.63) is 42.0 Å². The van der Waals surface area contributed by atoms with Crippen LogP contribution >= 0.6 is 11.3 Å². The van der Waals surface area contributed by atoms with Gasteiger partial charge in [0.05, 0.1) is 0 Å². The smallest absolute Gasteiger partial charge is 0.137 e. The summed E-state index contributed by atoms with van der Waals surface area (Å²) in [5.74, 6) is 0. The molecular formula is C11H8N2S. The number of aromatic amines is 1. The summed E-state index contributed by atoms with van der Waals surface area (Å²) in [6.07, 6.45) is 3.82. The van der Waals surface area contributed by atoms with E-state index in [1.165, 1.54) is 15.8 Å². The van der Waals surface area contributed by atoms with Crippen LogP contribution in [0.3, 0.4) is 0 Å². The molecule has 3 heterocycles. The van der Waals surface area contributed by atoms with E-state index in [4.69, 9.17) is 0 Å². The maximum Gasteiger partial charge on any atom is 0.137 e. The molecule has 14 heavy (non-hydrogen) atoms. The van der Waals surface area contributed by atoms with E-state index >= 15 is 0 Å². The summed E-state index contributed by atoms with van der Waals surface area (Å²) in [5, 5.41) is 3.28. The molecule has 0 amide bonds. The van der Waals surface area contributed by atoms with Crippen LogP contribution in [0.15, 0.2) is 42.0 Å². The third-order valence-electron chi connectivity index (χ3n) is 2.24. The molecule has 0 aliphatic carbocycles. The fraction of sp³-hybridized carbons (Fsp3) is 0. The number of aromatic nitrogens is 2. The van der Waals surface area contributed by atoms with Crippen molar-refractivity contribution in [1.29, 1.82) is 0 Å². The molecule has 0 aliphatic rings. The average Bonchev–Trinajstić information content (AvgIpc) is 2.85. The Bertz CT molecular complexity index is 551. The zero-order valence-electron chi connectivity index (χ0n) is 7.40. The number of thiophene rings is 1. The summed E-state index contributed by atoms with van der Waals surface area (Å²) in [6, 6.07) is 8.25. The van der Waals surface area contributed by atoms with Gasteiger partial charge < -0.3 is 4.98 Å². The highest BCUT2D eigenvalue weighted by Crippen LogP contribution is 2.30. The highest BCUT2D eigenvalue weighted by molar-refractivity contribution is 7.13. The molecule has 0 unspecified atom stereocenters. The van der Waals surface area contributed by atoms with Crippen molar-refractivity contribution < 1.29 is 0 Å². The highest BCUT2D eigenvalue weighted by Gasteiger charge is 2.05. The van der Waals surface area contributed by atoms with Gasteiger partial charge in [0.1, 0.15) is 5.65 Å². The third-order valence-corrected chi connectivity index (χ3v) is 3.14. The Labute approximate surface area is 85.2 Å². The first kappa shape index (κ1) is 7.76. The molecule has 2 nitrogen and oxygen atoms in total. The second-order valence-corrected chi connectivity index (χ2v) is 4.03. The van der Waals surface area contributed by atoms with Crippen molar-refractivity contribution in [2.75, 3.05) is 0 Å². The van der Waals surface area contributed by atoms with Crippen molar-refractivity contribution in [2.45, 2.75) is 0 Å². The molecule has 0 aliphatic heterocycles. The van der Waals surface area contributed by atoms with Gasteiger partial charge >= 0.3 is 0 Å². The van der Waals surface area contributed by atoms with E-state index in [1.54, 1.807) is 17.5 Å². The molecule has 0 atom stereocenters. The van der Waals surface area contributed by atoms with E-state index in [2.05, 4.69) is 33.5 Å². The molecule has 3 aromatic heterocycles. The lowest BCUT2D eigenvalue weighted by Gasteiger charge is -1.92. The predicted molar refractivity (Wildman–Crippen MR) is 59.4 cm³/mol. The van der Waals surface area contributed by atoms with E-state index in [0.29, 0.717) is 0 Å². The molecule has 1 N–H and O–H groups in total. The Hall–Kier alpha value is -1.61.